The topological polar surface area (TPSA) is 20.3 Å². The van der Waals surface area contributed by atoms with Gasteiger partial charge in [0.25, 0.3) is 5.91 Å². The van der Waals surface area contributed by atoms with Gasteiger partial charge in [-0.05, 0) is 40.5 Å². The molecule has 104 valence electrons. The van der Waals surface area contributed by atoms with Crippen molar-refractivity contribution in [3.05, 3.63) is 69.9 Å². The van der Waals surface area contributed by atoms with E-state index in [0.29, 0.717) is 17.6 Å². The number of halogens is 2. The Morgan fingerprint density at radius 3 is 2.50 bits per heavy atom. The van der Waals surface area contributed by atoms with Crippen LogP contribution >= 0.6 is 15.9 Å². The van der Waals surface area contributed by atoms with Crippen molar-refractivity contribution in [3.8, 4) is 0 Å². The molecule has 1 amide bonds. The van der Waals surface area contributed by atoms with Crippen LogP contribution in [0.15, 0.2) is 53.0 Å². The lowest BCUT2D eigenvalue weighted by molar-refractivity contribution is 0.0747. The molecule has 0 atom stereocenters. The molecule has 0 aliphatic rings. The average Bonchev–Trinajstić information content (AvgIpc) is 2.48. The van der Waals surface area contributed by atoms with Gasteiger partial charge >= 0.3 is 0 Å². The number of hydrogen-bond acceptors (Lipinski definition) is 1. The van der Waals surface area contributed by atoms with E-state index in [1.807, 2.05) is 37.3 Å². The maximum Gasteiger partial charge on any atom is 0.257 e. The standard InChI is InChI=1S/C16H15BrFNO/c1-2-19(11-12-7-4-3-5-8-12)16(20)13-9-6-10-14(17)15(13)18/h3-10H,2,11H2,1H3. The molecule has 0 aliphatic carbocycles. The summed E-state index contributed by atoms with van der Waals surface area (Å²) in [5.74, 6) is -0.806. The first-order valence-electron chi connectivity index (χ1n) is 6.40. The molecule has 0 fully saturated rings. The van der Waals surface area contributed by atoms with Crippen molar-refractivity contribution in [2.24, 2.45) is 0 Å². The fourth-order valence-corrected chi connectivity index (χ4v) is 2.34. The highest BCUT2D eigenvalue weighted by atomic mass is 79.9. The molecule has 2 aromatic carbocycles. The SMILES string of the molecule is CCN(Cc1ccccc1)C(=O)c1cccc(Br)c1F. The number of nitrogens with zero attached hydrogens (tertiary/aromatic N) is 1. The van der Waals surface area contributed by atoms with Crippen LogP contribution in [0, 0.1) is 5.82 Å². The molecule has 0 unspecified atom stereocenters. The zero-order valence-electron chi connectivity index (χ0n) is 11.1. The Balaban J connectivity index is 2.23. The average molecular weight is 336 g/mol. The lowest BCUT2D eigenvalue weighted by atomic mass is 10.1. The zero-order valence-corrected chi connectivity index (χ0v) is 12.7. The third-order valence-electron chi connectivity index (χ3n) is 3.07. The maximum absolute atomic E-state index is 14.0. The van der Waals surface area contributed by atoms with Gasteiger partial charge in [0, 0.05) is 13.1 Å². The minimum atomic E-state index is -0.510. The minimum Gasteiger partial charge on any atom is -0.335 e. The fraction of sp³-hybridized carbons (Fsp3) is 0.188. The van der Waals surface area contributed by atoms with E-state index < -0.39 is 5.82 Å². The summed E-state index contributed by atoms with van der Waals surface area (Å²) in [5.41, 5.74) is 1.12. The van der Waals surface area contributed by atoms with Gasteiger partial charge in [-0.3, -0.25) is 4.79 Å². The summed E-state index contributed by atoms with van der Waals surface area (Å²) in [6.07, 6.45) is 0. The quantitative estimate of drug-likeness (QED) is 0.817. The Morgan fingerprint density at radius 2 is 1.85 bits per heavy atom. The Labute approximate surface area is 126 Å². The fourth-order valence-electron chi connectivity index (χ4n) is 1.97. The number of rotatable bonds is 4. The summed E-state index contributed by atoms with van der Waals surface area (Å²) in [4.78, 5) is 14.0. The number of amides is 1. The molecule has 0 N–H and O–H groups in total. The van der Waals surface area contributed by atoms with Gasteiger partial charge in [0.1, 0.15) is 5.82 Å². The van der Waals surface area contributed by atoms with E-state index in [1.165, 1.54) is 6.07 Å². The van der Waals surface area contributed by atoms with Gasteiger partial charge in [-0.15, -0.1) is 0 Å². The zero-order chi connectivity index (χ0) is 14.5. The summed E-state index contributed by atoms with van der Waals surface area (Å²) >= 11 is 3.11. The van der Waals surface area contributed by atoms with Crippen LogP contribution < -0.4 is 0 Å². The van der Waals surface area contributed by atoms with Gasteiger partial charge in [-0.1, -0.05) is 36.4 Å². The van der Waals surface area contributed by atoms with Crippen molar-refractivity contribution in [2.75, 3.05) is 6.54 Å². The molecular weight excluding hydrogens is 321 g/mol. The van der Waals surface area contributed by atoms with E-state index in [2.05, 4.69) is 15.9 Å². The molecule has 0 saturated carbocycles. The van der Waals surface area contributed by atoms with Crippen molar-refractivity contribution >= 4 is 21.8 Å². The maximum atomic E-state index is 14.0. The van der Waals surface area contributed by atoms with Gasteiger partial charge in [0.05, 0.1) is 10.0 Å². The Hall–Kier alpha value is -1.68. The highest BCUT2D eigenvalue weighted by molar-refractivity contribution is 9.10. The van der Waals surface area contributed by atoms with Gasteiger partial charge in [-0.2, -0.15) is 0 Å². The van der Waals surface area contributed by atoms with E-state index in [0.717, 1.165) is 5.56 Å². The van der Waals surface area contributed by atoms with Gasteiger partial charge in [-0.25, -0.2) is 4.39 Å². The largest absolute Gasteiger partial charge is 0.335 e. The highest BCUT2D eigenvalue weighted by Crippen LogP contribution is 2.20. The first-order chi connectivity index (χ1) is 9.63. The van der Waals surface area contributed by atoms with Crippen molar-refractivity contribution in [3.63, 3.8) is 0 Å². The predicted octanol–water partition coefficient (Wildman–Crippen LogP) is 4.25. The van der Waals surface area contributed by atoms with Crippen LogP contribution in [0.3, 0.4) is 0 Å². The van der Waals surface area contributed by atoms with Gasteiger partial charge in [0.2, 0.25) is 0 Å². The molecule has 0 saturated heterocycles. The third kappa shape index (κ3) is 3.25. The highest BCUT2D eigenvalue weighted by Gasteiger charge is 2.19. The summed E-state index contributed by atoms with van der Waals surface area (Å²) in [6, 6.07) is 14.4. The molecule has 0 aliphatic heterocycles. The van der Waals surface area contributed by atoms with Crippen molar-refractivity contribution in [1.29, 1.82) is 0 Å². The third-order valence-corrected chi connectivity index (χ3v) is 3.68. The Bertz CT molecular complexity index is 601. The van der Waals surface area contributed by atoms with Crippen LogP contribution in [0.2, 0.25) is 0 Å². The lowest BCUT2D eigenvalue weighted by Gasteiger charge is -2.21. The molecule has 2 rings (SSSR count). The van der Waals surface area contributed by atoms with Crippen LogP contribution in [0.25, 0.3) is 0 Å². The normalized spacial score (nSPS) is 10.3. The van der Waals surface area contributed by atoms with Crippen LogP contribution in [0.1, 0.15) is 22.8 Å². The first kappa shape index (κ1) is 14.7. The van der Waals surface area contributed by atoms with Gasteiger partial charge < -0.3 is 4.90 Å². The van der Waals surface area contributed by atoms with Crippen LogP contribution in [-0.2, 0) is 6.54 Å². The second kappa shape index (κ2) is 6.66. The molecule has 0 aromatic heterocycles. The molecule has 2 nitrogen and oxygen atoms in total. The van der Waals surface area contributed by atoms with E-state index >= 15 is 0 Å². The van der Waals surface area contributed by atoms with Crippen molar-refractivity contribution in [2.45, 2.75) is 13.5 Å². The van der Waals surface area contributed by atoms with E-state index in [1.54, 1.807) is 17.0 Å². The van der Waals surface area contributed by atoms with E-state index in [9.17, 15) is 9.18 Å². The van der Waals surface area contributed by atoms with Crippen molar-refractivity contribution in [1.82, 2.24) is 4.90 Å². The van der Waals surface area contributed by atoms with E-state index in [-0.39, 0.29) is 11.5 Å². The van der Waals surface area contributed by atoms with Crippen LogP contribution in [0.4, 0.5) is 4.39 Å². The molecule has 0 heterocycles. The predicted molar refractivity (Wildman–Crippen MR) is 81.0 cm³/mol. The summed E-state index contributed by atoms with van der Waals surface area (Å²) < 4.78 is 14.3. The molecular formula is C16H15BrFNO. The van der Waals surface area contributed by atoms with Crippen LogP contribution in [-0.4, -0.2) is 17.4 Å². The molecule has 0 spiro atoms. The van der Waals surface area contributed by atoms with Crippen molar-refractivity contribution < 1.29 is 9.18 Å². The Kier molecular flexibility index (Phi) is 4.90. The summed E-state index contributed by atoms with van der Waals surface area (Å²) in [5, 5.41) is 0. The van der Waals surface area contributed by atoms with Crippen LogP contribution in [0.5, 0.6) is 0 Å². The number of carbonyl (C=O) groups excluding carboxylic acids is 1. The summed E-state index contributed by atoms with van der Waals surface area (Å²) in [6.45, 7) is 2.89. The molecule has 0 bridgehead atoms. The minimum absolute atomic E-state index is 0.0946. The smallest absolute Gasteiger partial charge is 0.257 e. The lowest BCUT2D eigenvalue weighted by Crippen LogP contribution is -2.31. The second-order valence-corrected chi connectivity index (χ2v) is 5.26. The molecule has 20 heavy (non-hydrogen) atoms. The molecule has 2 aromatic rings. The monoisotopic (exact) mass is 335 g/mol. The molecule has 0 radical (unpaired) electrons. The van der Waals surface area contributed by atoms with E-state index in [4.69, 9.17) is 0 Å². The molecule has 4 heteroatoms. The Morgan fingerprint density at radius 1 is 1.15 bits per heavy atom. The summed E-state index contributed by atoms with van der Waals surface area (Å²) in [7, 11) is 0. The number of benzene rings is 2. The first-order valence-corrected chi connectivity index (χ1v) is 7.20. The van der Waals surface area contributed by atoms with Gasteiger partial charge in [0.15, 0.2) is 0 Å². The number of carbonyl (C=O) groups is 1. The second-order valence-electron chi connectivity index (χ2n) is 4.41. The number of hydrogen-bond donors (Lipinski definition) is 0.